The molecule has 0 aliphatic heterocycles. The average molecular weight is 184 g/mol. The molecule has 11 heavy (non-hydrogen) atoms. The van der Waals surface area contributed by atoms with Gasteiger partial charge in [-0.3, -0.25) is 4.79 Å². The molecular weight excluding hydrogens is 180 g/mol. The normalized spacial score (nSPS) is 9.09. The van der Waals surface area contributed by atoms with Gasteiger partial charge in [-0.2, -0.15) is 5.26 Å². The summed E-state index contributed by atoms with van der Waals surface area (Å²) in [6.07, 6.45) is 1.56. The van der Waals surface area contributed by atoms with Crippen LogP contribution in [0.15, 0.2) is 23.1 Å². The largest absolute Gasteiger partial charge is 0.279 e. The van der Waals surface area contributed by atoms with Crippen LogP contribution in [0.1, 0.15) is 5.56 Å². The predicted octanol–water partition coefficient (Wildman–Crippen LogP) is 1.06. The maximum atomic E-state index is 11.1. The Morgan fingerprint density at radius 3 is 3.00 bits per heavy atom. The van der Waals surface area contributed by atoms with Crippen molar-refractivity contribution in [2.45, 2.75) is 0 Å². The first-order valence-corrected chi connectivity index (χ1v) is 4.56. The summed E-state index contributed by atoms with van der Waals surface area (Å²) < 4.78 is 1.28. The third kappa shape index (κ3) is 1.59. The van der Waals surface area contributed by atoms with E-state index >= 15 is 0 Å². The van der Waals surface area contributed by atoms with Crippen LogP contribution in [0, 0.1) is 11.3 Å². The molecule has 0 aliphatic carbocycles. The molecule has 0 saturated carbocycles. The Morgan fingerprint density at radius 2 is 2.45 bits per heavy atom. The lowest BCUT2D eigenvalue weighted by Gasteiger charge is -1.96. The zero-order valence-electron chi connectivity index (χ0n) is 5.39. The molecule has 0 spiro atoms. The zero-order valence-corrected chi connectivity index (χ0v) is 7.10. The SMILES string of the molecule is N#Cc1cccn(SS)c1=O. The highest BCUT2D eigenvalue weighted by molar-refractivity contribution is 8.67. The quantitative estimate of drug-likeness (QED) is 0.524. The van der Waals surface area contributed by atoms with Gasteiger partial charge < -0.3 is 0 Å². The fraction of sp³-hybridized carbons (Fsp3) is 0. The number of hydrogen-bond donors (Lipinski definition) is 1. The smallest absolute Gasteiger partial charge is 0.267 e. The molecule has 0 aromatic carbocycles. The van der Waals surface area contributed by atoms with Crippen LogP contribution in [0.5, 0.6) is 0 Å². The van der Waals surface area contributed by atoms with Gasteiger partial charge in [0.05, 0.1) is 0 Å². The first kappa shape index (κ1) is 8.24. The molecule has 0 amide bonds. The van der Waals surface area contributed by atoms with E-state index in [4.69, 9.17) is 5.26 Å². The minimum absolute atomic E-state index is 0.133. The number of nitrogens with zero attached hydrogens (tertiary/aromatic N) is 2. The third-order valence-corrected chi connectivity index (χ3v) is 2.11. The summed E-state index contributed by atoms with van der Waals surface area (Å²) in [4.78, 5) is 11.1. The van der Waals surface area contributed by atoms with Crippen LogP contribution in [0.2, 0.25) is 0 Å². The van der Waals surface area contributed by atoms with Crippen molar-refractivity contribution < 1.29 is 0 Å². The van der Waals surface area contributed by atoms with Gasteiger partial charge in [0, 0.05) is 17.2 Å². The second-order valence-electron chi connectivity index (χ2n) is 1.75. The maximum absolute atomic E-state index is 11.1. The molecule has 1 heterocycles. The molecular formula is C6H4N2OS2. The van der Waals surface area contributed by atoms with Gasteiger partial charge in [0.2, 0.25) is 0 Å². The van der Waals surface area contributed by atoms with Crippen molar-refractivity contribution >= 4 is 22.6 Å². The number of pyridine rings is 1. The predicted molar refractivity (Wildman–Crippen MR) is 47.4 cm³/mol. The van der Waals surface area contributed by atoms with E-state index in [-0.39, 0.29) is 11.1 Å². The summed E-state index contributed by atoms with van der Waals surface area (Å²) in [6, 6.07) is 4.89. The molecule has 0 unspecified atom stereocenters. The number of aromatic nitrogens is 1. The summed E-state index contributed by atoms with van der Waals surface area (Å²) >= 11 is 3.84. The Morgan fingerprint density at radius 1 is 1.73 bits per heavy atom. The molecule has 0 aliphatic rings. The number of thiol groups is 1. The number of rotatable bonds is 1. The summed E-state index contributed by atoms with van der Waals surface area (Å²) in [5, 5.41) is 8.44. The molecule has 5 heteroatoms. The summed E-state index contributed by atoms with van der Waals surface area (Å²) in [7, 11) is 0.972. The van der Waals surface area contributed by atoms with Gasteiger partial charge in [-0.15, -0.1) is 0 Å². The van der Waals surface area contributed by atoms with Gasteiger partial charge >= 0.3 is 0 Å². The second-order valence-corrected chi connectivity index (χ2v) is 2.79. The Bertz CT molecular complexity index is 352. The Hall–Kier alpha value is -0.860. The molecule has 1 aromatic heterocycles. The molecule has 3 nitrogen and oxygen atoms in total. The fourth-order valence-corrected chi connectivity index (χ4v) is 1.31. The minimum Gasteiger partial charge on any atom is -0.267 e. The van der Waals surface area contributed by atoms with Crippen LogP contribution in [0.25, 0.3) is 0 Å². The molecule has 0 saturated heterocycles. The number of hydrogen-bond acceptors (Lipinski definition) is 4. The van der Waals surface area contributed by atoms with Gasteiger partial charge in [0.25, 0.3) is 5.56 Å². The third-order valence-electron chi connectivity index (χ3n) is 1.12. The van der Waals surface area contributed by atoms with E-state index in [2.05, 4.69) is 11.7 Å². The van der Waals surface area contributed by atoms with Crippen LogP contribution in [-0.4, -0.2) is 3.97 Å². The van der Waals surface area contributed by atoms with Crippen molar-refractivity contribution in [2.75, 3.05) is 0 Å². The lowest BCUT2D eigenvalue weighted by atomic mass is 10.3. The molecule has 0 atom stereocenters. The first-order valence-electron chi connectivity index (χ1n) is 2.73. The molecule has 0 fully saturated rings. The van der Waals surface area contributed by atoms with E-state index in [0.29, 0.717) is 0 Å². The first-order chi connectivity index (χ1) is 5.29. The van der Waals surface area contributed by atoms with Crippen molar-refractivity contribution in [3.8, 4) is 6.07 Å². The summed E-state index contributed by atoms with van der Waals surface area (Å²) in [5.74, 6) is 0. The Kier molecular flexibility index (Phi) is 2.63. The highest BCUT2D eigenvalue weighted by Gasteiger charge is 1.99. The summed E-state index contributed by atoms with van der Waals surface area (Å²) in [6.45, 7) is 0. The molecule has 0 radical (unpaired) electrons. The van der Waals surface area contributed by atoms with Crippen LogP contribution in [0.4, 0.5) is 0 Å². The lowest BCUT2D eigenvalue weighted by Crippen LogP contribution is -2.15. The molecule has 1 rings (SSSR count). The van der Waals surface area contributed by atoms with Crippen LogP contribution in [-0.2, 0) is 0 Å². The Balaban J connectivity index is 3.36. The van der Waals surface area contributed by atoms with Crippen molar-refractivity contribution in [1.29, 1.82) is 5.26 Å². The van der Waals surface area contributed by atoms with Crippen molar-refractivity contribution in [2.24, 2.45) is 0 Å². The van der Waals surface area contributed by atoms with E-state index in [1.807, 2.05) is 0 Å². The molecule has 0 N–H and O–H groups in total. The highest BCUT2D eigenvalue weighted by atomic mass is 33.1. The van der Waals surface area contributed by atoms with Gasteiger partial charge in [-0.25, -0.2) is 3.97 Å². The van der Waals surface area contributed by atoms with Crippen molar-refractivity contribution in [3.63, 3.8) is 0 Å². The van der Waals surface area contributed by atoms with E-state index in [9.17, 15) is 4.79 Å². The standard InChI is InChI=1S/C6H4N2OS2/c7-4-5-2-1-3-8(11-10)6(5)9/h1-3,10H. The van der Waals surface area contributed by atoms with Gasteiger partial charge in [0.1, 0.15) is 11.6 Å². The van der Waals surface area contributed by atoms with E-state index < -0.39 is 0 Å². The molecule has 1 aromatic rings. The van der Waals surface area contributed by atoms with E-state index in [0.717, 1.165) is 11.0 Å². The van der Waals surface area contributed by atoms with Crippen LogP contribution in [0.3, 0.4) is 0 Å². The highest BCUT2D eigenvalue weighted by Crippen LogP contribution is 2.05. The molecule has 0 bridgehead atoms. The summed E-state index contributed by atoms with van der Waals surface area (Å²) in [5.41, 5.74) is -0.191. The topological polar surface area (TPSA) is 45.8 Å². The van der Waals surface area contributed by atoms with Crippen molar-refractivity contribution in [3.05, 3.63) is 34.2 Å². The van der Waals surface area contributed by atoms with Gasteiger partial charge in [-0.05, 0) is 12.1 Å². The van der Waals surface area contributed by atoms with E-state index in [1.165, 1.54) is 10.0 Å². The minimum atomic E-state index is -0.324. The van der Waals surface area contributed by atoms with Gasteiger partial charge in [-0.1, -0.05) is 11.7 Å². The fourth-order valence-electron chi connectivity index (χ4n) is 0.625. The van der Waals surface area contributed by atoms with E-state index in [1.54, 1.807) is 18.3 Å². The molecule has 56 valence electrons. The van der Waals surface area contributed by atoms with Gasteiger partial charge in [0.15, 0.2) is 0 Å². The lowest BCUT2D eigenvalue weighted by molar-refractivity contribution is 1.14. The monoisotopic (exact) mass is 184 g/mol. The zero-order chi connectivity index (χ0) is 8.27. The Labute approximate surface area is 72.6 Å². The van der Waals surface area contributed by atoms with Crippen LogP contribution < -0.4 is 5.56 Å². The maximum Gasteiger partial charge on any atom is 0.279 e. The van der Waals surface area contributed by atoms with Crippen molar-refractivity contribution in [1.82, 2.24) is 3.97 Å². The number of nitriles is 1. The van der Waals surface area contributed by atoms with Crippen LogP contribution >= 0.6 is 22.6 Å². The second kappa shape index (κ2) is 3.51. The average Bonchev–Trinajstić information content (AvgIpc) is 2.05.